The Morgan fingerprint density at radius 2 is 1.79 bits per heavy atom. The zero-order valence-corrected chi connectivity index (χ0v) is 28.5. The Morgan fingerprint density at radius 3 is 2.44 bits per heavy atom. The number of halogens is 3. The number of benzene rings is 2. The number of carbonyl (C=O) groups is 1. The summed E-state index contributed by atoms with van der Waals surface area (Å²) in [6.07, 6.45) is -0.419. The average Bonchev–Trinajstić information content (AvgIpc) is 2.99. The summed E-state index contributed by atoms with van der Waals surface area (Å²) >= 11 is 1.39. The number of anilines is 1. The first kappa shape index (κ1) is 33.2. The predicted molar refractivity (Wildman–Crippen MR) is 178 cm³/mol. The van der Waals surface area contributed by atoms with E-state index in [1.807, 2.05) is 32.6 Å². The summed E-state index contributed by atoms with van der Waals surface area (Å²) in [5.41, 5.74) is -0.666. The van der Waals surface area contributed by atoms with E-state index in [0.717, 1.165) is 51.5 Å². The maximum absolute atomic E-state index is 16.3. The molecule has 1 amide bonds. The lowest BCUT2D eigenvalue weighted by molar-refractivity contribution is -0.0773. The van der Waals surface area contributed by atoms with E-state index in [4.69, 9.17) is 9.47 Å². The van der Waals surface area contributed by atoms with Crippen molar-refractivity contribution in [3.63, 3.8) is 0 Å². The van der Waals surface area contributed by atoms with Gasteiger partial charge in [0.25, 0.3) is 0 Å². The lowest BCUT2D eigenvalue weighted by atomic mass is 10.0. The highest BCUT2D eigenvalue weighted by Gasteiger charge is 2.36. The molecule has 0 N–H and O–H groups in total. The summed E-state index contributed by atoms with van der Waals surface area (Å²) in [7, 11) is 0. The first-order valence-electron chi connectivity index (χ1n) is 16.5. The molecule has 4 aliphatic rings. The van der Waals surface area contributed by atoms with Crippen LogP contribution in [0.25, 0.3) is 22.0 Å². The van der Waals surface area contributed by atoms with Crippen molar-refractivity contribution in [1.29, 1.82) is 0 Å². The molecule has 10 nitrogen and oxygen atoms in total. The van der Waals surface area contributed by atoms with Gasteiger partial charge in [0.05, 0.1) is 30.8 Å². The average molecular weight is 687 g/mol. The minimum Gasteiger partial charge on any atom is -0.444 e. The molecule has 48 heavy (non-hydrogen) atoms. The molecule has 3 aromatic rings. The fourth-order valence-corrected chi connectivity index (χ4v) is 8.47. The van der Waals surface area contributed by atoms with Crippen LogP contribution in [0.15, 0.2) is 34.0 Å². The van der Waals surface area contributed by atoms with E-state index >= 15 is 8.78 Å². The molecular weight excluding hydrogens is 645 g/mol. The highest BCUT2D eigenvalue weighted by atomic mass is 32.2. The molecule has 2 aromatic carbocycles. The first-order chi connectivity index (χ1) is 22.9. The Hall–Kier alpha value is -3.33. The van der Waals surface area contributed by atoms with Gasteiger partial charge < -0.3 is 19.3 Å². The molecule has 1 aromatic heterocycles. The molecule has 4 aliphatic heterocycles. The second-order valence-electron chi connectivity index (χ2n) is 14.1. The molecule has 0 bridgehead atoms. The number of carbonyl (C=O) groups excluding carboxylic acids is 1. The molecule has 0 aliphatic carbocycles. The van der Waals surface area contributed by atoms with E-state index in [9.17, 15) is 14.0 Å². The fourth-order valence-electron chi connectivity index (χ4n) is 7.16. The molecule has 14 heteroatoms. The summed E-state index contributed by atoms with van der Waals surface area (Å²) in [4.78, 5) is 40.3. The van der Waals surface area contributed by atoms with Crippen molar-refractivity contribution in [2.24, 2.45) is 0 Å². The number of nitrogens with zero attached hydrogens (tertiary/aromatic N) is 6. The summed E-state index contributed by atoms with van der Waals surface area (Å²) in [5.74, 6) is -1.53. The zero-order chi connectivity index (χ0) is 33.9. The molecule has 0 spiro atoms. The van der Waals surface area contributed by atoms with Crippen molar-refractivity contribution >= 4 is 34.6 Å². The van der Waals surface area contributed by atoms with Gasteiger partial charge in [-0.2, -0.15) is 4.98 Å². The highest BCUT2D eigenvalue weighted by molar-refractivity contribution is 7.99. The Kier molecular flexibility index (Phi) is 8.88. The Morgan fingerprint density at radius 1 is 1.04 bits per heavy atom. The predicted octanol–water partition coefficient (Wildman–Crippen LogP) is 4.59. The molecular formula is C34H41F3N6O4S. The third-order valence-electron chi connectivity index (χ3n) is 9.65. The van der Waals surface area contributed by atoms with Crippen LogP contribution in [0, 0.1) is 17.5 Å². The van der Waals surface area contributed by atoms with Crippen molar-refractivity contribution < 1.29 is 27.4 Å². The lowest BCUT2D eigenvalue weighted by Gasteiger charge is -2.43. The van der Waals surface area contributed by atoms with Gasteiger partial charge in [-0.25, -0.2) is 22.8 Å². The summed E-state index contributed by atoms with van der Waals surface area (Å²) in [6, 6.07) is 4.37. The van der Waals surface area contributed by atoms with Gasteiger partial charge >= 0.3 is 11.8 Å². The van der Waals surface area contributed by atoms with E-state index in [-0.39, 0.29) is 23.2 Å². The van der Waals surface area contributed by atoms with Crippen molar-refractivity contribution in [3.8, 4) is 11.1 Å². The van der Waals surface area contributed by atoms with E-state index in [2.05, 4.69) is 14.8 Å². The standard InChI is InChI=1S/C34H41F3N6O4S/c1-20-15-41(33(45)47-34(2,3)4)11-12-42(20)31-25-14-27(37)28(24-6-5-21(35)13-26(24)36)30-29(25)43(32(44)38-31)22(19-48-30)16-39-7-9-40(10-8-39)23-17-46-18-23/h5-6,13-14,20,22-23H,7-12,15-19H2,1-4H3/t20-,22-/m0/s1. The molecule has 3 fully saturated rings. The van der Waals surface area contributed by atoms with Crippen LogP contribution < -0.4 is 10.6 Å². The minimum atomic E-state index is -0.878. The Bertz CT molecular complexity index is 1790. The molecule has 2 atom stereocenters. The molecule has 0 unspecified atom stereocenters. The van der Waals surface area contributed by atoms with Gasteiger partial charge in [0.2, 0.25) is 0 Å². The molecule has 0 radical (unpaired) electrons. The van der Waals surface area contributed by atoms with Gasteiger partial charge in [-0.15, -0.1) is 11.8 Å². The molecule has 3 saturated heterocycles. The topological polar surface area (TPSA) is 83.4 Å². The van der Waals surface area contributed by atoms with Gasteiger partial charge in [0, 0.05) is 91.6 Å². The van der Waals surface area contributed by atoms with Crippen LogP contribution in [-0.4, -0.2) is 119 Å². The molecule has 0 saturated carbocycles. The number of piperazine rings is 2. The normalized spacial score (nSPS) is 22.6. The van der Waals surface area contributed by atoms with Gasteiger partial charge in [0.15, 0.2) is 0 Å². The first-order valence-corrected chi connectivity index (χ1v) is 17.5. The van der Waals surface area contributed by atoms with Crippen LogP contribution in [0.3, 0.4) is 0 Å². The number of ether oxygens (including phenoxy) is 2. The molecule has 7 rings (SSSR count). The van der Waals surface area contributed by atoms with Crippen LogP contribution in [-0.2, 0) is 9.47 Å². The van der Waals surface area contributed by atoms with Crippen molar-refractivity contribution in [3.05, 3.63) is 52.2 Å². The summed E-state index contributed by atoms with van der Waals surface area (Å²) in [6.45, 7) is 14.0. The molecule has 258 valence electrons. The number of hydrogen-bond acceptors (Lipinski definition) is 9. The largest absolute Gasteiger partial charge is 0.444 e. The number of hydrogen-bond donors (Lipinski definition) is 0. The quantitative estimate of drug-likeness (QED) is 0.383. The van der Waals surface area contributed by atoms with Gasteiger partial charge in [-0.1, -0.05) is 0 Å². The Balaban J connectivity index is 1.27. The summed E-state index contributed by atoms with van der Waals surface area (Å²) in [5, 5.41) is 0.443. The zero-order valence-electron chi connectivity index (χ0n) is 27.7. The van der Waals surface area contributed by atoms with E-state index in [1.165, 1.54) is 23.9 Å². The lowest BCUT2D eigenvalue weighted by Crippen LogP contribution is -2.57. The number of amides is 1. The maximum atomic E-state index is 16.3. The van der Waals surface area contributed by atoms with E-state index in [1.54, 1.807) is 9.47 Å². The highest BCUT2D eigenvalue weighted by Crippen LogP contribution is 2.46. The summed E-state index contributed by atoms with van der Waals surface area (Å²) < 4.78 is 58.0. The minimum absolute atomic E-state index is 0.00729. The SMILES string of the molecule is C[C@H]1CN(C(=O)OC(C)(C)C)CCN1c1nc(=O)n2c3c(c(-c4ccc(F)cc4F)c(F)cc13)SC[C@@H]2CN1CCN(C2COC2)CC1. The van der Waals surface area contributed by atoms with Gasteiger partial charge in [-0.05, 0) is 45.9 Å². The molecule has 5 heterocycles. The Labute approximate surface area is 281 Å². The third-order valence-corrected chi connectivity index (χ3v) is 10.9. The van der Waals surface area contributed by atoms with Crippen molar-refractivity contribution in [1.82, 2.24) is 24.3 Å². The number of aromatic nitrogens is 2. The number of thioether (sulfide) groups is 1. The van der Waals surface area contributed by atoms with Crippen molar-refractivity contribution in [2.45, 2.75) is 56.3 Å². The monoisotopic (exact) mass is 686 g/mol. The third kappa shape index (κ3) is 6.27. The van der Waals surface area contributed by atoms with Crippen LogP contribution in [0.1, 0.15) is 33.7 Å². The van der Waals surface area contributed by atoms with Crippen LogP contribution in [0.2, 0.25) is 0 Å². The van der Waals surface area contributed by atoms with Gasteiger partial charge in [0.1, 0.15) is 28.9 Å². The van der Waals surface area contributed by atoms with Crippen LogP contribution in [0.4, 0.5) is 23.8 Å². The van der Waals surface area contributed by atoms with Crippen molar-refractivity contribution in [2.75, 3.05) is 76.2 Å². The van der Waals surface area contributed by atoms with Crippen LogP contribution in [0.5, 0.6) is 0 Å². The van der Waals surface area contributed by atoms with E-state index in [0.29, 0.717) is 59.6 Å². The van der Waals surface area contributed by atoms with Crippen LogP contribution >= 0.6 is 11.8 Å². The second kappa shape index (κ2) is 12.8. The second-order valence-corrected chi connectivity index (χ2v) is 15.2. The maximum Gasteiger partial charge on any atom is 0.410 e. The van der Waals surface area contributed by atoms with E-state index < -0.39 is 34.8 Å². The number of rotatable bonds is 5. The smallest absolute Gasteiger partial charge is 0.410 e. The fraction of sp³-hybridized carbons (Fsp3) is 0.559. The van der Waals surface area contributed by atoms with Gasteiger partial charge in [-0.3, -0.25) is 14.4 Å².